The first kappa shape index (κ1) is 21.1. The number of fused-ring (bicyclic) bond motifs is 1. The number of carbonyl (C=O) groups excluding carboxylic acids is 1. The number of amides is 1. The number of methoxy groups -OCH3 is 1. The summed E-state index contributed by atoms with van der Waals surface area (Å²) in [6.07, 6.45) is 4.75. The number of carboxylic acid groups (broad SMARTS) is 1. The molecule has 1 amide bonds. The standard InChI is InChI=1S/C23H28N4O4/c1-13-11-16(7-8-17(13)15-5-3-14(4-6-15)12-19(28)29)27-10-9-18-20(22(27)30)21(24)26-23(25-18)31-2/h7-8,11,14-15H,3-6,9-10,12H2,1-2H3,(H,28,29)(H2,24,25,26). The van der Waals surface area contributed by atoms with Crippen LogP contribution in [0.2, 0.25) is 0 Å². The molecule has 0 saturated heterocycles. The molecule has 31 heavy (non-hydrogen) atoms. The maximum atomic E-state index is 13.1. The first-order valence-electron chi connectivity index (χ1n) is 10.7. The number of ether oxygens (including phenoxy) is 1. The Morgan fingerprint density at radius 3 is 2.65 bits per heavy atom. The van der Waals surface area contributed by atoms with Crippen molar-refractivity contribution in [3.8, 4) is 6.01 Å². The molecule has 164 valence electrons. The average Bonchev–Trinajstić information content (AvgIpc) is 2.74. The van der Waals surface area contributed by atoms with Gasteiger partial charge in [-0.1, -0.05) is 6.07 Å². The molecule has 8 nitrogen and oxygen atoms in total. The number of anilines is 2. The quantitative estimate of drug-likeness (QED) is 0.756. The number of aryl methyl sites for hydroxylation is 1. The maximum Gasteiger partial charge on any atom is 0.318 e. The minimum Gasteiger partial charge on any atom is -0.481 e. The number of nitrogen functional groups attached to an aromatic ring is 1. The van der Waals surface area contributed by atoms with Crippen LogP contribution in [0.3, 0.4) is 0 Å². The molecule has 3 N–H and O–H groups in total. The van der Waals surface area contributed by atoms with E-state index in [2.05, 4.69) is 29.0 Å². The Kier molecular flexibility index (Phi) is 5.80. The van der Waals surface area contributed by atoms with Crippen LogP contribution in [0.1, 0.15) is 65.2 Å². The van der Waals surface area contributed by atoms with Crippen molar-refractivity contribution in [2.45, 2.75) is 51.4 Å². The molecule has 1 aromatic carbocycles. The Labute approximate surface area is 181 Å². The third-order valence-electron chi connectivity index (χ3n) is 6.52. The summed E-state index contributed by atoms with van der Waals surface area (Å²) >= 11 is 0. The second-order valence-electron chi connectivity index (χ2n) is 8.48. The topological polar surface area (TPSA) is 119 Å². The van der Waals surface area contributed by atoms with E-state index < -0.39 is 5.97 Å². The maximum absolute atomic E-state index is 13.1. The molecule has 1 aromatic heterocycles. The van der Waals surface area contributed by atoms with Crippen LogP contribution >= 0.6 is 0 Å². The lowest BCUT2D eigenvalue weighted by atomic mass is 9.76. The van der Waals surface area contributed by atoms with Gasteiger partial charge in [0.15, 0.2) is 0 Å². The van der Waals surface area contributed by atoms with Gasteiger partial charge in [-0.2, -0.15) is 9.97 Å². The Morgan fingerprint density at radius 1 is 1.26 bits per heavy atom. The first-order valence-corrected chi connectivity index (χ1v) is 10.7. The number of carbonyl (C=O) groups is 2. The van der Waals surface area contributed by atoms with Crippen molar-refractivity contribution >= 4 is 23.4 Å². The van der Waals surface area contributed by atoms with Gasteiger partial charge < -0.3 is 20.5 Å². The molecule has 1 aliphatic carbocycles. The number of aromatic nitrogens is 2. The molecule has 0 spiro atoms. The van der Waals surface area contributed by atoms with Crippen LogP contribution < -0.4 is 15.4 Å². The number of hydrogen-bond donors (Lipinski definition) is 2. The molecule has 2 aromatic rings. The van der Waals surface area contributed by atoms with E-state index in [-0.39, 0.29) is 30.1 Å². The van der Waals surface area contributed by atoms with Crippen LogP contribution in [0.4, 0.5) is 11.5 Å². The molecular weight excluding hydrogens is 396 g/mol. The SMILES string of the molecule is COc1nc(N)c2c(n1)CCN(c1ccc(C3CCC(CC(=O)O)CC3)c(C)c1)C2=O. The van der Waals surface area contributed by atoms with Crippen molar-refractivity contribution in [2.24, 2.45) is 5.92 Å². The van der Waals surface area contributed by atoms with Crippen LogP contribution in [0.5, 0.6) is 6.01 Å². The van der Waals surface area contributed by atoms with Crippen molar-refractivity contribution in [3.63, 3.8) is 0 Å². The number of carboxylic acids is 1. The van der Waals surface area contributed by atoms with E-state index in [1.54, 1.807) is 4.90 Å². The van der Waals surface area contributed by atoms with Crippen LogP contribution in [0, 0.1) is 12.8 Å². The summed E-state index contributed by atoms with van der Waals surface area (Å²) in [5, 5.41) is 9.02. The zero-order valence-electron chi connectivity index (χ0n) is 17.9. The molecule has 0 radical (unpaired) electrons. The van der Waals surface area contributed by atoms with Gasteiger partial charge in [0, 0.05) is 25.1 Å². The summed E-state index contributed by atoms with van der Waals surface area (Å²) < 4.78 is 5.06. The number of benzene rings is 1. The molecule has 8 heteroatoms. The van der Waals surface area contributed by atoms with Gasteiger partial charge in [-0.15, -0.1) is 0 Å². The van der Waals surface area contributed by atoms with Gasteiger partial charge in [-0.05, 0) is 67.7 Å². The summed E-state index contributed by atoms with van der Waals surface area (Å²) in [6, 6.07) is 6.34. The average molecular weight is 425 g/mol. The second-order valence-corrected chi connectivity index (χ2v) is 8.48. The van der Waals surface area contributed by atoms with Gasteiger partial charge in [0.1, 0.15) is 11.4 Å². The minimum absolute atomic E-state index is 0.142. The molecular formula is C23H28N4O4. The fraction of sp³-hybridized carbons (Fsp3) is 0.478. The minimum atomic E-state index is -0.707. The lowest BCUT2D eigenvalue weighted by Crippen LogP contribution is -2.39. The van der Waals surface area contributed by atoms with Crippen molar-refractivity contribution in [1.82, 2.24) is 9.97 Å². The highest BCUT2D eigenvalue weighted by Gasteiger charge is 2.31. The highest BCUT2D eigenvalue weighted by Crippen LogP contribution is 2.39. The van der Waals surface area contributed by atoms with E-state index >= 15 is 0 Å². The van der Waals surface area contributed by atoms with Crippen LogP contribution in [0.15, 0.2) is 18.2 Å². The number of aliphatic carboxylic acids is 1. The molecule has 2 heterocycles. The molecule has 1 fully saturated rings. The largest absolute Gasteiger partial charge is 0.481 e. The van der Waals surface area contributed by atoms with Crippen molar-refractivity contribution < 1.29 is 19.4 Å². The second kappa shape index (κ2) is 8.53. The van der Waals surface area contributed by atoms with Gasteiger partial charge in [0.05, 0.1) is 12.8 Å². The smallest absolute Gasteiger partial charge is 0.318 e. The summed E-state index contributed by atoms with van der Waals surface area (Å²) in [5.74, 6) is -0.0361. The van der Waals surface area contributed by atoms with E-state index in [1.165, 1.54) is 12.7 Å². The third kappa shape index (κ3) is 4.19. The lowest BCUT2D eigenvalue weighted by Gasteiger charge is -2.31. The Hall–Kier alpha value is -3.16. The Morgan fingerprint density at radius 2 is 2.00 bits per heavy atom. The van der Waals surface area contributed by atoms with Crippen molar-refractivity contribution in [3.05, 3.63) is 40.6 Å². The van der Waals surface area contributed by atoms with E-state index in [1.807, 2.05) is 6.07 Å². The van der Waals surface area contributed by atoms with Crippen LogP contribution in [-0.4, -0.2) is 40.6 Å². The molecule has 1 aliphatic heterocycles. The zero-order valence-corrected chi connectivity index (χ0v) is 17.9. The molecule has 0 bridgehead atoms. The highest BCUT2D eigenvalue weighted by atomic mass is 16.5. The summed E-state index contributed by atoms with van der Waals surface area (Å²) in [7, 11) is 1.47. The number of nitrogens with two attached hydrogens (primary N) is 1. The Balaban J connectivity index is 1.51. The number of rotatable bonds is 5. The molecule has 2 aliphatic rings. The van der Waals surface area contributed by atoms with Gasteiger partial charge in [0.2, 0.25) is 0 Å². The van der Waals surface area contributed by atoms with Crippen molar-refractivity contribution in [2.75, 3.05) is 24.3 Å². The van der Waals surface area contributed by atoms with E-state index in [0.29, 0.717) is 30.1 Å². The zero-order chi connectivity index (χ0) is 22.1. The molecule has 0 atom stereocenters. The van der Waals surface area contributed by atoms with Crippen LogP contribution in [-0.2, 0) is 11.2 Å². The predicted molar refractivity (Wildman–Crippen MR) is 117 cm³/mol. The lowest BCUT2D eigenvalue weighted by molar-refractivity contribution is -0.138. The Bertz CT molecular complexity index is 1010. The fourth-order valence-electron chi connectivity index (χ4n) is 4.92. The fourth-order valence-corrected chi connectivity index (χ4v) is 4.92. The molecule has 1 saturated carbocycles. The molecule has 4 rings (SSSR count). The number of hydrogen-bond acceptors (Lipinski definition) is 6. The monoisotopic (exact) mass is 424 g/mol. The summed E-state index contributed by atoms with van der Waals surface area (Å²) in [6.45, 7) is 2.59. The predicted octanol–water partition coefficient (Wildman–Crippen LogP) is 3.33. The molecule has 0 unspecified atom stereocenters. The van der Waals surface area contributed by atoms with Gasteiger partial charge >= 0.3 is 12.0 Å². The number of nitrogens with zero attached hydrogens (tertiary/aromatic N) is 3. The van der Waals surface area contributed by atoms with E-state index in [4.69, 9.17) is 15.6 Å². The summed E-state index contributed by atoms with van der Waals surface area (Å²) in [4.78, 5) is 34.2. The van der Waals surface area contributed by atoms with E-state index in [9.17, 15) is 9.59 Å². The van der Waals surface area contributed by atoms with Gasteiger partial charge in [-0.25, -0.2) is 0 Å². The normalized spacial score (nSPS) is 21.0. The first-order chi connectivity index (χ1) is 14.9. The van der Waals surface area contributed by atoms with E-state index in [0.717, 1.165) is 36.9 Å². The van der Waals surface area contributed by atoms with Gasteiger partial charge in [0.25, 0.3) is 5.91 Å². The summed E-state index contributed by atoms with van der Waals surface area (Å²) in [5.41, 5.74) is 10.3. The van der Waals surface area contributed by atoms with Crippen molar-refractivity contribution in [1.29, 1.82) is 0 Å². The highest BCUT2D eigenvalue weighted by molar-refractivity contribution is 6.10. The third-order valence-corrected chi connectivity index (χ3v) is 6.52. The van der Waals surface area contributed by atoms with Gasteiger partial charge in [-0.3, -0.25) is 9.59 Å². The van der Waals surface area contributed by atoms with Crippen LogP contribution in [0.25, 0.3) is 0 Å².